The lowest BCUT2D eigenvalue weighted by molar-refractivity contribution is 0.0694. The topological polar surface area (TPSA) is 52.6 Å². The summed E-state index contributed by atoms with van der Waals surface area (Å²) < 4.78 is 0. The van der Waals surface area contributed by atoms with Gasteiger partial charge in [-0.2, -0.15) is 0 Å². The van der Waals surface area contributed by atoms with Crippen LogP contribution >= 0.6 is 0 Å². The standard InChI is InChI=1S/C14H20N2O2/c1-16(12-6-8-15-9-7-12)10-11-4-2-3-5-13(11)14(17)18/h2-5,12,15H,6-10H2,1H3,(H,17,18). The van der Waals surface area contributed by atoms with E-state index < -0.39 is 5.97 Å². The number of rotatable bonds is 4. The zero-order valence-corrected chi connectivity index (χ0v) is 10.7. The maximum absolute atomic E-state index is 11.2. The first-order valence-corrected chi connectivity index (χ1v) is 6.40. The number of aromatic carboxylic acids is 1. The van der Waals surface area contributed by atoms with Crippen molar-refractivity contribution < 1.29 is 9.90 Å². The van der Waals surface area contributed by atoms with E-state index in [-0.39, 0.29) is 0 Å². The van der Waals surface area contributed by atoms with E-state index in [9.17, 15) is 4.79 Å². The summed E-state index contributed by atoms with van der Waals surface area (Å²) in [4.78, 5) is 13.4. The molecule has 0 radical (unpaired) electrons. The molecule has 1 fully saturated rings. The van der Waals surface area contributed by atoms with E-state index in [2.05, 4.69) is 17.3 Å². The van der Waals surface area contributed by atoms with Crippen LogP contribution in [0.4, 0.5) is 0 Å². The van der Waals surface area contributed by atoms with Gasteiger partial charge in [0.05, 0.1) is 5.56 Å². The van der Waals surface area contributed by atoms with Gasteiger partial charge in [-0.3, -0.25) is 4.90 Å². The number of carboxylic acid groups (broad SMARTS) is 1. The number of hydrogen-bond acceptors (Lipinski definition) is 3. The zero-order chi connectivity index (χ0) is 13.0. The minimum atomic E-state index is -0.843. The van der Waals surface area contributed by atoms with Crippen LogP contribution in [0.25, 0.3) is 0 Å². The van der Waals surface area contributed by atoms with Crippen molar-refractivity contribution in [1.29, 1.82) is 0 Å². The molecule has 0 bridgehead atoms. The second-order valence-electron chi connectivity index (χ2n) is 4.86. The van der Waals surface area contributed by atoms with Gasteiger partial charge in [-0.15, -0.1) is 0 Å². The Labute approximate surface area is 108 Å². The molecule has 0 spiro atoms. The van der Waals surface area contributed by atoms with Gasteiger partial charge in [0.1, 0.15) is 0 Å². The molecule has 1 aromatic carbocycles. The van der Waals surface area contributed by atoms with Gasteiger partial charge < -0.3 is 10.4 Å². The number of piperidine rings is 1. The van der Waals surface area contributed by atoms with E-state index in [1.807, 2.05) is 12.1 Å². The van der Waals surface area contributed by atoms with Crippen LogP contribution in [0.5, 0.6) is 0 Å². The summed E-state index contributed by atoms with van der Waals surface area (Å²) in [5, 5.41) is 12.5. The Balaban J connectivity index is 2.06. The van der Waals surface area contributed by atoms with Crippen molar-refractivity contribution in [2.24, 2.45) is 0 Å². The fraction of sp³-hybridized carbons (Fsp3) is 0.500. The van der Waals surface area contributed by atoms with Gasteiger partial charge in [-0.05, 0) is 44.6 Å². The molecule has 4 nitrogen and oxygen atoms in total. The lowest BCUT2D eigenvalue weighted by atomic mass is 10.0. The molecule has 0 atom stereocenters. The molecular weight excluding hydrogens is 228 g/mol. The normalized spacial score (nSPS) is 17.0. The maximum Gasteiger partial charge on any atom is 0.336 e. The molecule has 0 saturated carbocycles. The largest absolute Gasteiger partial charge is 0.478 e. The molecular formula is C14H20N2O2. The van der Waals surface area contributed by atoms with Crippen LogP contribution in [0.15, 0.2) is 24.3 Å². The summed E-state index contributed by atoms with van der Waals surface area (Å²) in [6.45, 7) is 2.80. The highest BCUT2D eigenvalue weighted by molar-refractivity contribution is 5.89. The van der Waals surface area contributed by atoms with Crippen molar-refractivity contribution in [3.8, 4) is 0 Å². The van der Waals surface area contributed by atoms with Crippen LogP contribution in [0, 0.1) is 0 Å². The van der Waals surface area contributed by atoms with Crippen LogP contribution in [0.2, 0.25) is 0 Å². The third-order valence-electron chi connectivity index (χ3n) is 3.60. The summed E-state index contributed by atoms with van der Waals surface area (Å²) in [6.07, 6.45) is 2.26. The first-order valence-electron chi connectivity index (χ1n) is 6.40. The van der Waals surface area contributed by atoms with Crippen LogP contribution in [0.1, 0.15) is 28.8 Å². The molecule has 18 heavy (non-hydrogen) atoms. The van der Waals surface area contributed by atoms with Crippen molar-refractivity contribution in [2.75, 3.05) is 20.1 Å². The van der Waals surface area contributed by atoms with E-state index in [0.717, 1.165) is 31.5 Å². The second kappa shape index (κ2) is 5.98. The summed E-state index contributed by atoms with van der Waals surface area (Å²) in [5.74, 6) is -0.843. The molecule has 1 heterocycles. The Hall–Kier alpha value is -1.39. The van der Waals surface area contributed by atoms with Crippen LogP contribution < -0.4 is 5.32 Å². The Kier molecular flexibility index (Phi) is 4.33. The number of nitrogens with one attached hydrogen (secondary N) is 1. The zero-order valence-electron chi connectivity index (χ0n) is 10.7. The van der Waals surface area contributed by atoms with E-state index >= 15 is 0 Å². The average Bonchev–Trinajstić information content (AvgIpc) is 2.40. The summed E-state index contributed by atoms with van der Waals surface area (Å²) in [7, 11) is 2.08. The molecule has 1 aliphatic heterocycles. The Bertz CT molecular complexity index is 414. The molecule has 2 rings (SSSR count). The van der Waals surface area contributed by atoms with Gasteiger partial charge in [-0.1, -0.05) is 18.2 Å². The van der Waals surface area contributed by atoms with Crippen LogP contribution in [0.3, 0.4) is 0 Å². The van der Waals surface area contributed by atoms with Crippen molar-refractivity contribution in [3.63, 3.8) is 0 Å². The lowest BCUT2D eigenvalue weighted by Gasteiger charge is -2.31. The van der Waals surface area contributed by atoms with E-state index in [0.29, 0.717) is 18.2 Å². The molecule has 4 heteroatoms. The molecule has 1 aliphatic rings. The number of nitrogens with zero attached hydrogens (tertiary/aromatic N) is 1. The maximum atomic E-state index is 11.2. The number of carboxylic acids is 1. The molecule has 1 saturated heterocycles. The Morgan fingerprint density at radius 3 is 2.72 bits per heavy atom. The highest BCUT2D eigenvalue weighted by Crippen LogP contribution is 2.16. The first kappa shape index (κ1) is 13.1. The minimum Gasteiger partial charge on any atom is -0.478 e. The van der Waals surface area contributed by atoms with Crippen molar-refractivity contribution in [1.82, 2.24) is 10.2 Å². The van der Waals surface area contributed by atoms with Crippen LogP contribution in [-0.4, -0.2) is 42.2 Å². The SMILES string of the molecule is CN(Cc1ccccc1C(=O)O)C1CCNCC1. The smallest absolute Gasteiger partial charge is 0.336 e. The van der Waals surface area contributed by atoms with E-state index in [1.165, 1.54) is 0 Å². The number of hydrogen-bond donors (Lipinski definition) is 2. The highest BCUT2D eigenvalue weighted by atomic mass is 16.4. The van der Waals surface area contributed by atoms with Crippen molar-refractivity contribution in [2.45, 2.75) is 25.4 Å². The summed E-state index contributed by atoms with van der Waals surface area (Å²) in [6, 6.07) is 7.80. The van der Waals surface area contributed by atoms with Gasteiger partial charge in [0.2, 0.25) is 0 Å². The van der Waals surface area contributed by atoms with Crippen molar-refractivity contribution >= 4 is 5.97 Å². The van der Waals surface area contributed by atoms with E-state index in [4.69, 9.17) is 5.11 Å². The molecule has 0 aromatic heterocycles. The van der Waals surface area contributed by atoms with E-state index in [1.54, 1.807) is 12.1 Å². The predicted octanol–water partition coefficient (Wildman–Crippen LogP) is 1.57. The second-order valence-corrected chi connectivity index (χ2v) is 4.86. The van der Waals surface area contributed by atoms with Crippen LogP contribution in [-0.2, 0) is 6.54 Å². The predicted molar refractivity (Wildman–Crippen MR) is 70.8 cm³/mol. The van der Waals surface area contributed by atoms with Gasteiger partial charge in [-0.25, -0.2) is 4.79 Å². The van der Waals surface area contributed by atoms with Gasteiger partial charge in [0, 0.05) is 12.6 Å². The number of benzene rings is 1. The number of carbonyl (C=O) groups is 1. The quantitative estimate of drug-likeness (QED) is 0.849. The molecule has 2 N–H and O–H groups in total. The molecule has 1 aromatic rings. The first-order chi connectivity index (χ1) is 8.68. The van der Waals surface area contributed by atoms with Gasteiger partial charge >= 0.3 is 5.97 Å². The Morgan fingerprint density at radius 1 is 1.39 bits per heavy atom. The average molecular weight is 248 g/mol. The fourth-order valence-electron chi connectivity index (χ4n) is 2.51. The summed E-state index contributed by atoms with van der Waals surface area (Å²) in [5.41, 5.74) is 1.31. The highest BCUT2D eigenvalue weighted by Gasteiger charge is 2.19. The molecule has 98 valence electrons. The Morgan fingerprint density at radius 2 is 2.06 bits per heavy atom. The van der Waals surface area contributed by atoms with Gasteiger partial charge in [0.15, 0.2) is 0 Å². The molecule has 0 amide bonds. The lowest BCUT2D eigenvalue weighted by Crippen LogP contribution is -2.40. The molecule has 0 aliphatic carbocycles. The molecule has 0 unspecified atom stereocenters. The fourth-order valence-corrected chi connectivity index (χ4v) is 2.51. The third-order valence-corrected chi connectivity index (χ3v) is 3.60. The third kappa shape index (κ3) is 3.09. The minimum absolute atomic E-state index is 0.415. The van der Waals surface area contributed by atoms with Gasteiger partial charge in [0.25, 0.3) is 0 Å². The summed E-state index contributed by atoms with van der Waals surface area (Å²) >= 11 is 0. The monoisotopic (exact) mass is 248 g/mol. The van der Waals surface area contributed by atoms with Crippen molar-refractivity contribution in [3.05, 3.63) is 35.4 Å².